The average Bonchev–Trinajstić information content (AvgIpc) is 3.61. The number of imide groups is 1. The van der Waals surface area contributed by atoms with Crippen molar-refractivity contribution in [1.29, 1.82) is 0 Å². The Bertz CT molecular complexity index is 2230. The second-order valence-corrected chi connectivity index (χ2v) is 17.1. The van der Waals surface area contributed by atoms with Crippen LogP contribution in [0.1, 0.15) is 84.3 Å². The first-order chi connectivity index (χ1) is 25.3. The molecule has 13 nitrogen and oxygen atoms in total. The molecule has 5 rings (SSSR count). The van der Waals surface area contributed by atoms with E-state index in [0.717, 1.165) is 28.3 Å². The van der Waals surface area contributed by atoms with E-state index < -0.39 is 48.8 Å². The van der Waals surface area contributed by atoms with E-state index >= 15 is 0 Å². The predicted molar refractivity (Wildman–Crippen MR) is 199 cm³/mol. The number of benzene rings is 2. The summed E-state index contributed by atoms with van der Waals surface area (Å²) in [5, 5.41) is 0.539. The maximum absolute atomic E-state index is 12.2. The molecule has 2 aromatic carbocycles. The quantitative estimate of drug-likeness (QED) is 0.0786. The molecule has 288 valence electrons. The van der Waals surface area contributed by atoms with E-state index in [4.69, 9.17) is 4.84 Å². The zero-order valence-electron chi connectivity index (χ0n) is 30.9. The van der Waals surface area contributed by atoms with E-state index in [1.807, 2.05) is 77.2 Å². The van der Waals surface area contributed by atoms with Crippen LogP contribution in [0.5, 0.6) is 0 Å². The van der Waals surface area contributed by atoms with Crippen LogP contribution in [0.4, 0.5) is 11.4 Å². The molecule has 2 aromatic rings. The summed E-state index contributed by atoms with van der Waals surface area (Å²) in [5.41, 5.74) is 3.70. The molecule has 0 N–H and O–H groups in total. The fraction of sp³-hybridized carbons (Fsp3) is 0.385. The van der Waals surface area contributed by atoms with Crippen LogP contribution in [-0.2, 0) is 50.3 Å². The van der Waals surface area contributed by atoms with Crippen molar-refractivity contribution in [2.24, 2.45) is 0 Å². The Balaban J connectivity index is 1.30. The minimum absolute atomic E-state index is 0.0247. The van der Waals surface area contributed by atoms with Crippen molar-refractivity contribution in [2.75, 3.05) is 18.0 Å². The molecular formula is C39H44N3O10S2-. The zero-order chi connectivity index (χ0) is 39.6. The summed E-state index contributed by atoms with van der Waals surface area (Å²) in [6.45, 7) is 11.0. The second-order valence-electron chi connectivity index (χ2n) is 14.3. The maximum atomic E-state index is 12.2. The number of unbranched alkanes of at least 4 members (excludes halogenated alkanes) is 2. The van der Waals surface area contributed by atoms with E-state index in [9.17, 15) is 40.3 Å². The fourth-order valence-electron chi connectivity index (χ4n) is 7.21. The van der Waals surface area contributed by atoms with Crippen LogP contribution >= 0.6 is 0 Å². The summed E-state index contributed by atoms with van der Waals surface area (Å²) in [6.07, 6.45) is 15.0. The SMILES string of the molecule is CCN1C(=CC=CC=CC=CC2=[N+](CCCCCC(=O)ON3C(=O)CCC3=O)c3ccc(S(=O)(=O)[O-])cc3C2(C)C)C(C)(C)c2cc(S(=O)(=O)[O-])ccc21. The van der Waals surface area contributed by atoms with E-state index in [1.54, 1.807) is 12.1 Å². The number of likely N-dealkylation sites (N-methyl/N-ethyl adjacent to an activating group) is 1. The molecule has 1 saturated heterocycles. The number of hydroxylamine groups is 2. The fourth-order valence-corrected chi connectivity index (χ4v) is 8.20. The van der Waals surface area contributed by atoms with Crippen LogP contribution in [0.25, 0.3) is 0 Å². The van der Waals surface area contributed by atoms with E-state index in [0.29, 0.717) is 43.0 Å². The van der Waals surface area contributed by atoms with E-state index in [2.05, 4.69) is 9.48 Å². The second kappa shape index (κ2) is 15.6. The molecule has 0 unspecified atom stereocenters. The van der Waals surface area contributed by atoms with Gasteiger partial charge in [-0.05, 0) is 75.6 Å². The lowest BCUT2D eigenvalue weighted by atomic mass is 9.81. The summed E-state index contributed by atoms with van der Waals surface area (Å²) in [6, 6.07) is 8.84. The largest absolute Gasteiger partial charge is 0.744 e. The maximum Gasteiger partial charge on any atom is 0.333 e. The summed E-state index contributed by atoms with van der Waals surface area (Å²) in [4.78, 5) is 42.2. The number of amides is 2. The molecule has 0 radical (unpaired) electrons. The summed E-state index contributed by atoms with van der Waals surface area (Å²) >= 11 is 0. The Morgan fingerprint density at radius 1 is 0.815 bits per heavy atom. The van der Waals surface area contributed by atoms with Gasteiger partial charge in [0.25, 0.3) is 11.8 Å². The van der Waals surface area contributed by atoms with Crippen molar-refractivity contribution in [3.05, 3.63) is 95.8 Å². The van der Waals surface area contributed by atoms with Gasteiger partial charge >= 0.3 is 5.97 Å². The lowest BCUT2D eigenvalue weighted by Crippen LogP contribution is -2.31. The average molecular weight is 779 g/mol. The first-order valence-corrected chi connectivity index (χ1v) is 20.5. The number of rotatable bonds is 14. The summed E-state index contributed by atoms with van der Waals surface area (Å²) in [5.74, 6) is -1.71. The van der Waals surface area contributed by atoms with Crippen molar-refractivity contribution in [2.45, 2.75) is 93.8 Å². The van der Waals surface area contributed by atoms with Crippen molar-refractivity contribution in [3.63, 3.8) is 0 Å². The van der Waals surface area contributed by atoms with Crippen molar-refractivity contribution >= 4 is 55.1 Å². The van der Waals surface area contributed by atoms with E-state index in [1.165, 1.54) is 24.3 Å². The highest BCUT2D eigenvalue weighted by Gasteiger charge is 2.44. The lowest BCUT2D eigenvalue weighted by molar-refractivity contribution is -0.438. The lowest BCUT2D eigenvalue weighted by Gasteiger charge is -2.25. The number of carbonyl (C=O) groups is 3. The molecule has 1 fully saturated rings. The van der Waals surface area contributed by atoms with Gasteiger partial charge in [-0.15, -0.1) is 5.06 Å². The summed E-state index contributed by atoms with van der Waals surface area (Å²) < 4.78 is 72.8. The molecular weight excluding hydrogens is 735 g/mol. The highest BCUT2D eigenvalue weighted by Crippen LogP contribution is 2.48. The minimum Gasteiger partial charge on any atom is -0.744 e. The van der Waals surface area contributed by atoms with Crippen molar-refractivity contribution in [3.8, 4) is 0 Å². The Hall–Kier alpha value is -4.70. The van der Waals surface area contributed by atoms with Gasteiger partial charge in [0.15, 0.2) is 5.71 Å². The molecule has 3 aliphatic rings. The first-order valence-electron chi connectivity index (χ1n) is 17.7. The van der Waals surface area contributed by atoms with Crippen LogP contribution < -0.4 is 4.90 Å². The third-order valence-corrected chi connectivity index (χ3v) is 11.7. The van der Waals surface area contributed by atoms with Gasteiger partial charge < -0.3 is 18.8 Å². The normalized spacial score (nSPS) is 19.0. The highest BCUT2D eigenvalue weighted by molar-refractivity contribution is 7.86. The number of anilines is 1. The van der Waals surface area contributed by atoms with Crippen LogP contribution in [-0.4, -0.2) is 72.2 Å². The molecule has 54 heavy (non-hydrogen) atoms. The van der Waals surface area contributed by atoms with Crippen LogP contribution in [0, 0.1) is 0 Å². The Morgan fingerprint density at radius 3 is 2.04 bits per heavy atom. The van der Waals surface area contributed by atoms with Gasteiger partial charge in [-0.2, -0.15) is 4.58 Å². The zero-order valence-corrected chi connectivity index (χ0v) is 32.5. The number of nitrogens with zero attached hydrogens (tertiary/aromatic N) is 3. The third kappa shape index (κ3) is 8.33. The van der Waals surface area contributed by atoms with Crippen LogP contribution in [0.2, 0.25) is 0 Å². The van der Waals surface area contributed by atoms with Crippen molar-refractivity contribution in [1.82, 2.24) is 5.06 Å². The van der Waals surface area contributed by atoms with Gasteiger partial charge in [0, 0.05) is 66.7 Å². The van der Waals surface area contributed by atoms with Gasteiger partial charge in [-0.3, -0.25) is 9.59 Å². The molecule has 3 heterocycles. The molecule has 0 saturated carbocycles. The molecule has 0 aromatic heterocycles. The number of fused-ring (bicyclic) bond motifs is 2. The molecule has 2 amide bonds. The number of hydrogen-bond acceptors (Lipinski definition) is 11. The standard InChI is InChI=1S/C39H45N3O10S2/c1-6-40-31-20-18-27(53(46,47)48)25-29(31)38(2,3)33(40)15-11-8-7-9-12-16-34-39(4,5)30-26-28(54(49,50)51)19-21-32(30)41(34)24-14-10-13-17-37(45)52-42-35(43)22-23-36(42)44/h7-9,11-12,15-16,18-21,25-26H,6,10,13-14,17,22-24H2,1-5H3,(H-,46,47,48,49,50,51)/p-1. The monoisotopic (exact) mass is 778 g/mol. The number of allylic oxidation sites excluding steroid dienone is 8. The van der Waals surface area contributed by atoms with Crippen LogP contribution in [0.15, 0.2) is 94.4 Å². The molecule has 3 aliphatic heterocycles. The molecule has 0 spiro atoms. The Morgan fingerprint density at radius 2 is 1.41 bits per heavy atom. The van der Waals surface area contributed by atoms with Gasteiger partial charge in [-0.25, -0.2) is 21.6 Å². The molecule has 0 bridgehead atoms. The molecule has 0 aliphatic carbocycles. The van der Waals surface area contributed by atoms with Gasteiger partial charge in [0.1, 0.15) is 26.8 Å². The minimum atomic E-state index is -4.68. The Kier molecular flexibility index (Phi) is 11.7. The highest BCUT2D eigenvalue weighted by atomic mass is 32.2. The molecule has 0 atom stereocenters. The Labute approximate surface area is 316 Å². The van der Waals surface area contributed by atoms with E-state index in [-0.39, 0.29) is 29.1 Å². The predicted octanol–water partition coefficient (Wildman–Crippen LogP) is 5.41. The smallest absolute Gasteiger partial charge is 0.333 e. The first kappa shape index (κ1) is 40.5. The van der Waals surface area contributed by atoms with Gasteiger partial charge in [0.2, 0.25) is 5.69 Å². The number of hydrogen-bond donors (Lipinski definition) is 0. The van der Waals surface area contributed by atoms with Gasteiger partial charge in [-0.1, -0.05) is 44.2 Å². The topological polar surface area (TPSA) is 184 Å². The van der Waals surface area contributed by atoms with Crippen molar-refractivity contribution < 1.29 is 49.7 Å². The van der Waals surface area contributed by atoms with Crippen LogP contribution in [0.3, 0.4) is 0 Å². The summed E-state index contributed by atoms with van der Waals surface area (Å²) in [7, 11) is -9.27. The number of carbonyl (C=O) groups excluding carboxylic acids is 3. The molecule has 15 heteroatoms. The van der Waals surface area contributed by atoms with Gasteiger partial charge in [0.05, 0.1) is 15.2 Å². The third-order valence-electron chi connectivity index (χ3n) is 10.0.